The van der Waals surface area contributed by atoms with Gasteiger partial charge in [0.25, 0.3) is 5.82 Å². The summed E-state index contributed by atoms with van der Waals surface area (Å²) in [7, 11) is 0. The fourth-order valence-electron chi connectivity index (χ4n) is 5.39. The van der Waals surface area contributed by atoms with Crippen LogP contribution in [-0.4, -0.2) is 58.2 Å². The summed E-state index contributed by atoms with van der Waals surface area (Å²) in [5.74, 6) is -0.679. The zero-order valence-corrected chi connectivity index (χ0v) is 18.4. The van der Waals surface area contributed by atoms with Gasteiger partial charge in [-0.3, -0.25) is 9.69 Å². The number of nitrogens with zero attached hydrogens (tertiary/aromatic N) is 4. The van der Waals surface area contributed by atoms with Crippen LogP contribution in [0, 0.1) is 11.8 Å². The maximum atomic E-state index is 12.9. The summed E-state index contributed by atoms with van der Waals surface area (Å²) < 4.78 is 43.6. The quantitative estimate of drug-likeness (QED) is 0.771. The molecule has 0 spiro atoms. The van der Waals surface area contributed by atoms with Crippen LogP contribution in [0.1, 0.15) is 65.1 Å². The Morgan fingerprint density at radius 3 is 2.45 bits per heavy atom. The number of fused-ring (bicyclic) bond motifs is 4. The second-order valence-electron chi connectivity index (χ2n) is 10.2. The molecule has 4 aliphatic rings. The summed E-state index contributed by atoms with van der Waals surface area (Å²) in [6, 6.07) is 0.479. The van der Waals surface area contributed by atoms with Gasteiger partial charge in [-0.05, 0) is 77.0 Å². The molecule has 1 saturated carbocycles. The number of hydrogen-bond acceptors (Lipinski definition) is 6. The van der Waals surface area contributed by atoms with Gasteiger partial charge in [0.1, 0.15) is 0 Å². The summed E-state index contributed by atoms with van der Waals surface area (Å²) in [6.07, 6.45) is 0.985. The number of likely N-dealkylation sites (tertiary alicyclic amines) is 1. The van der Waals surface area contributed by atoms with Crippen molar-refractivity contribution < 1.29 is 22.5 Å². The van der Waals surface area contributed by atoms with Crippen LogP contribution >= 0.6 is 0 Å². The minimum atomic E-state index is -4.60. The molecule has 0 radical (unpaired) electrons. The van der Waals surface area contributed by atoms with E-state index in [1.807, 2.05) is 25.7 Å². The molecule has 1 amide bonds. The van der Waals surface area contributed by atoms with Gasteiger partial charge in [-0.2, -0.15) is 18.2 Å². The van der Waals surface area contributed by atoms with Gasteiger partial charge in [0.15, 0.2) is 0 Å². The van der Waals surface area contributed by atoms with Gasteiger partial charge in [0, 0.05) is 30.1 Å². The second-order valence-corrected chi connectivity index (χ2v) is 10.2. The van der Waals surface area contributed by atoms with Crippen LogP contribution in [0.5, 0.6) is 0 Å². The van der Waals surface area contributed by atoms with E-state index in [1.54, 1.807) is 0 Å². The van der Waals surface area contributed by atoms with Crippen molar-refractivity contribution in [2.24, 2.45) is 11.8 Å². The molecule has 4 fully saturated rings. The molecule has 2 bridgehead atoms. The van der Waals surface area contributed by atoms with Crippen molar-refractivity contribution >= 4 is 11.9 Å². The molecular weight excluding hydrogens is 411 g/mol. The molecule has 1 aliphatic carbocycles. The number of carbonyl (C=O) groups excluding carboxylic acids is 1. The number of anilines is 1. The highest BCUT2D eigenvalue weighted by atomic mass is 19.4. The molecule has 1 N–H and O–H groups in total. The van der Waals surface area contributed by atoms with E-state index in [4.69, 9.17) is 4.52 Å². The van der Waals surface area contributed by atoms with Crippen molar-refractivity contribution in [3.8, 4) is 0 Å². The molecular formula is C21H32F3N5O2. The lowest BCUT2D eigenvalue weighted by atomic mass is 9.85. The van der Waals surface area contributed by atoms with E-state index >= 15 is 0 Å². The summed E-state index contributed by atoms with van der Waals surface area (Å²) in [5.41, 5.74) is -0.223. The van der Waals surface area contributed by atoms with Crippen molar-refractivity contribution in [3.63, 3.8) is 0 Å². The predicted octanol–water partition coefficient (Wildman–Crippen LogP) is 3.46. The Bertz CT molecular complexity index is 783. The molecule has 5 rings (SSSR count). The molecule has 3 aliphatic heterocycles. The third-order valence-corrected chi connectivity index (χ3v) is 6.82. The number of nitrogens with one attached hydrogen (secondary N) is 1. The average Bonchev–Trinajstić information content (AvgIpc) is 2.99. The van der Waals surface area contributed by atoms with Crippen molar-refractivity contribution in [3.05, 3.63) is 5.82 Å². The van der Waals surface area contributed by atoms with E-state index in [9.17, 15) is 18.0 Å². The number of alkyl halides is 3. The number of aromatic nitrogens is 2. The summed E-state index contributed by atoms with van der Waals surface area (Å²) in [6.45, 7) is 8.39. The molecule has 10 heteroatoms. The van der Waals surface area contributed by atoms with Crippen LogP contribution < -0.4 is 10.2 Å². The summed E-state index contributed by atoms with van der Waals surface area (Å²) in [5, 5.41) is 6.22. The van der Waals surface area contributed by atoms with Gasteiger partial charge in [-0.1, -0.05) is 6.42 Å². The number of rotatable bonds is 3. The van der Waals surface area contributed by atoms with Crippen LogP contribution in [0.2, 0.25) is 0 Å². The molecule has 1 aromatic heterocycles. The highest BCUT2D eigenvalue weighted by molar-refractivity contribution is 5.79. The number of piperidine rings is 2. The third-order valence-electron chi connectivity index (χ3n) is 6.82. The Kier molecular flexibility index (Phi) is 5.95. The first-order valence-electron chi connectivity index (χ1n) is 11.2. The first kappa shape index (κ1) is 22.4. The lowest BCUT2D eigenvalue weighted by Gasteiger charge is -2.47. The van der Waals surface area contributed by atoms with Crippen LogP contribution in [0.3, 0.4) is 0 Å². The number of amides is 1. The standard InChI is InChI=1S/C21H32F3N5O2/c1-20(2,3)26-17(30)13-7-9-28(10-8-13)16-11-15-6-4-5-14(16)12-29(15)19-25-18(27-31-19)21(22,23)24/h13-16H,4-12H2,1-3H3,(H,26,30)/t14?,15-,16+/m1/s1. The second kappa shape index (κ2) is 8.26. The van der Waals surface area contributed by atoms with Crippen LogP contribution in [0.4, 0.5) is 19.2 Å². The monoisotopic (exact) mass is 443 g/mol. The van der Waals surface area contributed by atoms with Gasteiger partial charge >= 0.3 is 12.2 Å². The summed E-state index contributed by atoms with van der Waals surface area (Å²) >= 11 is 0. The normalized spacial score (nSPS) is 28.6. The highest BCUT2D eigenvalue weighted by Crippen LogP contribution is 2.40. The van der Waals surface area contributed by atoms with Crippen LogP contribution in [0.15, 0.2) is 4.52 Å². The molecule has 3 atom stereocenters. The Labute approximate surface area is 180 Å². The Morgan fingerprint density at radius 1 is 1.13 bits per heavy atom. The van der Waals surface area contributed by atoms with E-state index in [0.29, 0.717) is 18.5 Å². The molecule has 174 valence electrons. The van der Waals surface area contributed by atoms with Crippen molar-refractivity contribution in [1.29, 1.82) is 0 Å². The van der Waals surface area contributed by atoms with E-state index in [2.05, 4.69) is 20.4 Å². The zero-order chi connectivity index (χ0) is 22.4. The largest absolute Gasteiger partial charge is 0.455 e. The Hall–Kier alpha value is -1.84. The van der Waals surface area contributed by atoms with E-state index in [0.717, 1.165) is 51.6 Å². The molecule has 1 aromatic rings. The maximum absolute atomic E-state index is 12.9. The molecule has 1 unspecified atom stereocenters. The van der Waals surface area contributed by atoms with E-state index < -0.39 is 12.0 Å². The lowest BCUT2D eigenvalue weighted by molar-refractivity contribution is -0.146. The number of hydrogen-bond donors (Lipinski definition) is 1. The maximum Gasteiger partial charge on any atom is 0.455 e. The topological polar surface area (TPSA) is 74.5 Å². The first-order chi connectivity index (χ1) is 14.5. The molecule has 31 heavy (non-hydrogen) atoms. The lowest BCUT2D eigenvalue weighted by Crippen LogP contribution is -2.56. The SMILES string of the molecule is CC(C)(C)NC(=O)C1CCN([C@H]2C[C@H]3CCCC2CN3c2nc(C(F)(F)F)no2)CC1. The van der Waals surface area contributed by atoms with Crippen LogP contribution in [0.25, 0.3) is 0 Å². The molecule has 7 nitrogen and oxygen atoms in total. The van der Waals surface area contributed by atoms with Gasteiger partial charge in [0.05, 0.1) is 0 Å². The fourth-order valence-corrected chi connectivity index (χ4v) is 5.39. The first-order valence-corrected chi connectivity index (χ1v) is 11.2. The third kappa shape index (κ3) is 4.99. The molecule has 0 aromatic carbocycles. The van der Waals surface area contributed by atoms with Gasteiger partial charge < -0.3 is 14.7 Å². The minimum absolute atomic E-state index is 0.0137. The Morgan fingerprint density at radius 2 is 1.84 bits per heavy atom. The smallest absolute Gasteiger partial charge is 0.351 e. The van der Waals surface area contributed by atoms with E-state index in [1.165, 1.54) is 0 Å². The molecule has 3 saturated heterocycles. The van der Waals surface area contributed by atoms with Crippen molar-refractivity contribution in [1.82, 2.24) is 20.4 Å². The average molecular weight is 444 g/mol. The van der Waals surface area contributed by atoms with Gasteiger partial charge in [-0.25, -0.2) is 0 Å². The minimum Gasteiger partial charge on any atom is -0.351 e. The predicted molar refractivity (Wildman–Crippen MR) is 108 cm³/mol. The molecule has 4 heterocycles. The van der Waals surface area contributed by atoms with Crippen LogP contribution in [-0.2, 0) is 11.0 Å². The number of halogens is 3. The highest BCUT2D eigenvalue weighted by Gasteiger charge is 2.45. The van der Waals surface area contributed by atoms with E-state index in [-0.39, 0.29) is 29.4 Å². The number of carbonyl (C=O) groups is 1. The zero-order valence-electron chi connectivity index (χ0n) is 18.4. The fraction of sp³-hybridized carbons (Fsp3) is 0.857. The Balaban J connectivity index is 1.38. The van der Waals surface area contributed by atoms with Gasteiger partial charge in [-0.15, -0.1) is 0 Å². The van der Waals surface area contributed by atoms with Crippen molar-refractivity contribution in [2.45, 2.75) is 83.1 Å². The summed E-state index contributed by atoms with van der Waals surface area (Å²) in [4.78, 5) is 20.5. The van der Waals surface area contributed by atoms with Gasteiger partial charge in [0.2, 0.25) is 5.91 Å². The van der Waals surface area contributed by atoms with Crippen molar-refractivity contribution in [2.75, 3.05) is 24.5 Å².